The summed E-state index contributed by atoms with van der Waals surface area (Å²) in [4.78, 5) is 53.5. The maximum atomic E-state index is 13.1. The molecule has 0 saturated heterocycles. The molecule has 3 amide bonds. The van der Waals surface area contributed by atoms with Crippen LogP contribution in [0.15, 0.2) is 89.6 Å². The number of esters is 1. The molecule has 0 unspecified atom stereocenters. The maximum absolute atomic E-state index is 13.1. The molecule has 3 aromatic carbocycles. The van der Waals surface area contributed by atoms with Crippen LogP contribution in [0.5, 0.6) is 0 Å². The van der Waals surface area contributed by atoms with E-state index < -0.39 is 17.8 Å². The molecule has 1 aliphatic heterocycles. The summed E-state index contributed by atoms with van der Waals surface area (Å²) in [6, 6.07) is 21.6. The molecule has 1 N–H and O–H groups in total. The van der Waals surface area contributed by atoms with E-state index in [1.807, 2.05) is 30.3 Å². The largest absolute Gasteiger partial charge is 0.459 e. The summed E-state index contributed by atoms with van der Waals surface area (Å²) in [5.41, 5.74) is 1.94. The third-order valence-electron chi connectivity index (χ3n) is 5.56. The molecule has 4 rings (SSSR count). The van der Waals surface area contributed by atoms with E-state index in [9.17, 15) is 19.2 Å². The molecule has 0 aromatic heterocycles. The first-order valence-corrected chi connectivity index (χ1v) is 11.8. The molecule has 9 heteroatoms. The highest BCUT2D eigenvalue weighted by Crippen LogP contribution is 2.30. The first-order valence-electron chi connectivity index (χ1n) is 11.5. The molecule has 37 heavy (non-hydrogen) atoms. The molecule has 0 aliphatic carbocycles. The van der Waals surface area contributed by atoms with Crippen LogP contribution in [0.4, 0.5) is 17.1 Å². The van der Waals surface area contributed by atoms with Crippen LogP contribution in [0.25, 0.3) is 0 Å². The Kier molecular flexibility index (Phi) is 7.40. The van der Waals surface area contributed by atoms with Crippen molar-refractivity contribution < 1.29 is 23.9 Å². The molecule has 0 fully saturated rings. The summed E-state index contributed by atoms with van der Waals surface area (Å²) in [6.07, 6.45) is -0.280. The van der Waals surface area contributed by atoms with Crippen LogP contribution in [0.1, 0.15) is 34.6 Å². The summed E-state index contributed by atoms with van der Waals surface area (Å²) in [5, 5.41) is 2.60. The Labute approximate surface area is 219 Å². The number of hydrogen-bond acceptors (Lipinski definition) is 6. The fourth-order valence-corrected chi connectivity index (χ4v) is 3.92. The van der Waals surface area contributed by atoms with Crippen LogP contribution in [-0.4, -0.2) is 36.8 Å². The first kappa shape index (κ1) is 25.7. The summed E-state index contributed by atoms with van der Waals surface area (Å²) >= 11 is 6.25. The third-order valence-corrected chi connectivity index (χ3v) is 5.91. The Bertz CT molecular complexity index is 1400. The van der Waals surface area contributed by atoms with Crippen molar-refractivity contribution in [2.75, 3.05) is 22.2 Å². The zero-order valence-electron chi connectivity index (χ0n) is 20.4. The monoisotopic (exact) mass is 517 g/mol. The van der Waals surface area contributed by atoms with E-state index in [4.69, 9.17) is 16.3 Å². The molecule has 3 aromatic rings. The van der Waals surface area contributed by atoms with Crippen LogP contribution in [0.3, 0.4) is 0 Å². The van der Waals surface area contributed by atoms with Gasteiger partial charge in [0.05, 0.1) is 17.4 Å². The molecule has 8 nitrogen and oxygen atoms in total. The van der Waals surface area contributed by atoms with E-state index in [2.05, 4.69) is 5.32 Å². The summed E-state index contributed by atoms with van der Waals surface area (Å²) < 4.78 is 5.16. The van der Waals surface area contributed by atoms with E-state index in [0.29, 0.717) is 11.3 Å². The van der Waals surface area contributed by atoms with Crippen LogP contribution in [0.2, 0.25) is 0 Å². The van der Waals surface area contributed by atoms with Gasteiger partial charge >= 0.3 is 5.97 Å². The molecule has 0 bridgehead atoms. The van der Waals surface area contributed by atoms with E-state index in [-0.39, 0.29) is 34.0 Å². The minimum absolute atomic E-state index is 0.115. The Morgan fingerprint density at radius 1 is 0.892 bits per heavy atom. The van der Waals surface area contributed by atoms with Gasteiger partial charge in [0.1, 0.15) is 10.7 Å². The van der Waals surface area contributed by atoms with Gasteiger partial charge in [-0.2, -0.15) is 0 Å². The number of hydrogen-bond donors (Lipinski definition) is 1. The van der Waals surface area contributed by atoms with Crippen molar-refractivity contribution in [2.24, 2.45) is 0 Å². The number of amides is 3. The summed E-state index contributed by atoms with van der Waals surface area (Å²) in [5.74, 6) is -2.12. The number of carbonyl (C=O) groups is 4. The van der Waals surface area contributed by atoms with Crippen LogP contribution in [-0.2, 0) is 14.3 Å². The van der Waals surface area contributed by atoms with Gasteiger partial charge in [-0.25, -0.2) is 9.69 Å². The molecule has 1 aliphatic rings. The summed E-state index contributed by atoms with van der Waals surface area (Å²) in [7, 11) is 1.67. The number of para-hydroxylation sites is 1. The smallest absolute Gasteiger partial charge is 0.338 e. The molecule has 0 radical (unpaired) electrons. The number of benzene rings is 3. The van der Waals surface area contributed by atoms with Crippen molar-refractivity contribution in [1.29, 1.82) is 0 Å². The van der Waals surface area contributed by atoms with Gasteiger partial charge in [-0.3, -0.25) is 14.4 Å². The number of nitrogens with zero attached hydrogens (tertiary/aromatic N) is 2. The highest BCUT2D eigenvalue weighted by Gasteiger charge is 2.39. The van der Waals surface area contributed by atoms with Crippen molar-refractivity contribution in [3.05, 3.63) is 101 Å². The van der Waals surface area contributed by atoms with Crippen LogP contribution in [0, 0.1) is 0 Å². The van der Waals surface area contributed by atoms with Gasteiger partial charge in [0.25, 0.3) is 17.7 Å². The number of rotatable bonds is 7. The standard InChI is InChI=1S/C28H24ClN3O5/c1-17(2)37-28(36)18-12-14-22(15-13-18)32-26(34)23(29)24(27(32)35)30-20-9-7-8-19(16-20)25(33)31(3)21-10-5-4-6-11-21/h4-17,30H,1-3H3. The predicted octanol–water partition coefficient (Wildman–Crippen LogP) is 4.96. The number of carbonyl (C=O) groups excluding carboxylic acids is 4. The Hall–Kier alpha value is -4.43. The average Bonchev–Trinajstić information content (AvgIpc) is 3.11. The first-order chi connectivity index (χ1) is 17.7. The fraction of sp³-hybridized carbons (Fsp3) is 0.143. The maximum Gasteiger partial charge on any atom is 0.338 e. The number of imide groups is 1. The minimum atomic E-state index is -0.706. The van der Waals surface area contributed by atoms with Gasteiger partial charge in [-0.1, -0.05) is 35.9 Å². The summed E-state index contributed by atoms with van der Waals surface area (Å²) in [6.45, 7) is 3.48. The second-order valence-electron chi connectivity index (χ2n) is 8.54. The van der Waals surface area contributed by atoms with Gasteiger partial charge in [0.15, 0.2) is 0 Å². The Morgan fingerprint density at radius 2 is 1.57 bits per heavy atom. The molecule has 188 valence electrons. The lowest BCUT2D eigenvalue weighted by molar-refractivity contribution is -0.120. The molecule has 1 heterocycles. The average molecular weight is 518 g/mol. The number of nitrogens with one attached hydrogen (secondary N) is 1. The van der Waals surface area contributed by atoms with Gasteiger partial charge in [0, 0.05) is 24.0 Å². The van der Waals surface area contributed by atoms with E-state index >= 15 is 0 Å². The zero-order valence-corrected chi connectivity index (χ0v) is 21.2. The van der Waals surface area contributed by atoms with Gasteiger partial charge in [-0.15, -0.1) is 0 Å². The third kappa shape index (κ3) is 5.39. The van der Waals surface area contributed by atoms with Gasteiger partial charge < -0.3 is 15.0 Å². The number of halogens is 1. The lowest BCUT2D eigenvalue weighted by atomic mass is 10.1. The van der Waals surface area contributed by atoms with Crippen molar-refractivity contribution in [2.45, 2.75) is 20.0 Å². The van der Waals surface area contributed by atoms with Crippen LogP contribution < -0.4 is 15.1 Å². The van der Waals surface area contributed by atoms with E-state index in [1.165, 1.54) is 29.2 Å². The van der Waals surface area contributed by atoms with Crippen LogP contribution >= 0.6 is 11.6 Å². The lowest BCUT2D eigenvalue weighted by Crippen LogP contribution is -2.32. The topological polar surface area (TPSA) is 96.0 Å². The van der Waals surface area contributed by atoms with Crippen molar-refractivity contribution in [3.63, 3.8) is 0 Å². The number of ether oxygens (including phenoxy) is 1. The quantitative estimate of drug-likeness (QED) is 0.351. The van der Waals surface area contributed by atoms with E-state index in [0.717, 1.165) is 10.6 Å². The van der Waals surface area contributed by atoms with Crippen molar-refractivity contribution in [1.82, 2.24) is 0 Å². The second kappa shape index (κ2) is 10.7. The predicted molar refractivity (Wildman–Crippen MR) is 142 cm³/mol. The lowest BCUT2D eigenvalue weighted by Gasteiger charge is -2.18. The SMILES string of the molecule is CC(C)OC(=O)c1ccc(N2C(=O)C(Cl)=C(Nc3cccc(C(=O)N(C)c4ccccc4)c3)C2=O)cc1. The second-order valence-corrected chi connectivity index (χ2v) is 8.92. The molecule has 0 saturated carbocycles. The van der Waals surface area contributed by atoms with Gasteiger partial charge in [-0.05, 0) is 68.4 Å². The molecular formula is C28H24ClN3O5. The highest BCUT2D eigenvalue weighted by molar-refractivity contribution is 6.53. The van der Waals surface area contributed by atoms with Crippen molar-refractivity contribution in [3.8, 4) is 0 Å². The van der Waals surface area contributed by atoms with E-state index in [1.54, 1.807) is 45.2 Å². The van der Waals surface area contributed by atoms with Crippen molar-refractivity contribution >= 4 is 52.4 Å². The molecule has 0 atom stereocenters. The Balaban J connectivity index is 1.52. The molecule has 0 spiro atoms. The Morgan fingerprint density at radius 3 is 2.22 bits per heavy atom. The minimum Gasteiger partial charge on any atom is -0.459 e. The van der Waals surface area contributed by atoms with Gasteiger partial charge in [0.2, 0.25) is 0 Å². The normalized spacial score (nSPS) is 13.3. The molecular weight excluding hydrogens is 494 g/mol. The highest BCUT2D eigenvalue weighted by atomic mass is 35.5. The fourth-order valence-electron chi connectivity index (χ4n) is 3.71. The zero-order chi connectivity index (χ0) is 26.7. The number of anilines is 3.